The van der Waals surface area contributed by atoms with Crippen LogP contribution in [-0.4, -0.2) is 55.0 Å². The number of aliphatic hydroxyl groups is 1. The fourth-order valence-electron chi connectivity index (χ4n) is 3.37. The van der Waals surface area contributed by atoms with Crippen LogP contribution in [-0.2, 0) is 4.74 Å². The van der Waals surface area contributed by atoms with Crippen LogP contribution in [0.5, 0.6) is 0 Å². The van der Waals surface area contributed by atoms with E-state index in [1.54, 1.807) is 11.9 Å². The van der Waals surface area contributed by atoms with Crippen LogP contribution in [0.15, 0.2) is 0 Å². The second-order valence-corrected chi connectivity index (χ2v) is 6.50. The van der Waals surface area contributed by atoms with Crippen LogP contribution in [0.1, 0.15) is 51.4 Å². The summed E-state index contributed by atoms with van der Waals surface area (Å²) in [5.41, 5.74) is 0. The van der Waals surface area contributed by atoms with Gasteiger partial charge in [-0.2, -0.15) is 0 Å². The predicted octanol–water partition coefficient (Wildman–Crippen LogP) is 2.14. The zero-order chi connectivity index (χ0) is 15.1. The first-order chi connectivity index (χ1) is 10.2. The third kappa shape index (κ3) is 5.47. The van der Waals surface area contributed by atoms with Crippen LogP contribution in [0.3, 0.4) is 0 Å². The lowest BCUT2D eigenvalue weighted by molar-refractivity contribution is 0.0570. The number of ether oxygens (including phenoxy) is 1. The smallest absolute Gasteiger partial charge is 0.317 e. The Balaban J connectivity index is 1.51. The first kappa shape index (κ1) is 16.6. The van der Waals surface area contributed by atoms with Gasteiger partial charge in [0.1, 0.15) is 0 Å². The lowest BCUT2D eigenvalue weighted by atomic mass is 10.1. The van der Waals surface area contributed by atoms with Crippen molar-refractivity contribution in [3.63, 3.8) is 0 Å². The summed E-state index contributed by atoms with van der Waals surface area (Å²) < 4.78 is 5.77. The van der Waals surface area contributed by atoms with Gasteiger partial charge in [-0.05, 0) is 32.1 Å². The van der Waals surface area contributed by atoms with Crippen LogP contribution < -0.4 is 5.32 Å². The summed E-state index contributed by atoms with van der Waals surface area (Å²) in [4.78, 5) is 13.6. The summed E-state index contributed by atoms with van der Waals surface area (Å²) in [6.07, 6.45) is 9.01. The number of amides is 2. The van der Waals surface area contributed by atoms with Gasteiger partial charge in [0.25, 0.3) is 0 Å². The highest BCUT2D eigenvalue weighted by Gasteiger charge is 2.27. The zero-order valence-electron chi connectivity index (χ0n) is 13.2. The maximum atomic E-state index is 11.9. The summed E-state index contributed by atoms with van der Waals surface area (Å²) in [7, 11) is 1.80. The molecule has 122 valence electrons. The quantitative estimate of drug-likeness (QED) is 0.708. The Morgan fingerprint density at radius 1 is 1.24 bits per heavy atom. The Kier molecular flexibility index (Phi) is 6.77. The fraction of sp³-hybridized carbons (Fsp3) is 0.938. The molecule has 0 heterocycles. The molecule has 5 heteroatoms. The number of rotatable bonds is 7. The molecule has 2 unspecified atom stereocenters. The number of carbonyl (C=O) groups is 1. The number of hydrogen-bond donors (Lipinski definition) is 2. The summed E-state index contributed by atoms with van der Waals surface area (Å²) in [5, 5.41) is 12.7. The first-order valence-corrected chi connectivity index (χ1v) is 8.45. The van der Waals surface area contributed by atoms with Gasteiger partial charge in [-0.1, -0.05) is 19.3 Å². The monoisotopic (exact) mass is 298 g/mol. The number of hydrogen-bond acceptors (Lipinski definition) is 3. The van der Waals surface area contributed by atoms with E-state index in [2.05, 4.69) is 5.32 Å². The first-order valence-electron chi connectivity index (χ1n) is 8.45. The maximum Gasteiger partial charge on any atom is 0.317 e. The van der Waals surface area contributed by atoms with Gasteiger partial charge in [-0.15, -0.1) is 0 Å². The minimum atomic E-state index is -0.236. The molecule has 2 atom stereocenters. The van der Waals surface area contributed by atoms with Crippen molar-refractivity contribution in [2.45, 2.75) is 63.6 Å². The average molecular weight is 298 g/mol. The van der Waals surface area contributed by atoms with Crippen molar-refractivity contribution in [2.75, 3.05) is 26.7 Å². The topological polar surface area (TPSA) is 61.8 Å². The van der Waals surface area contributed by atoms with E-state index in [0.717, 1.165) is 32.3 Å². The lowest BCUT2D eigenvalue weighted by Gasteiger charge is -2.23. The molecule has 2 saturated carbocycles. The fourth-order valence-corrected chi connectivity index (χ4v) is 3.37. The molecule has 0 aromatic heterocycles. The molecule has 2 amide bonds. The Bertz CT molecular complexity index is 319. The molecular weight excluding hydrogens is 268 g/mol. The van der Waals surface area contributed by atoms with E-state index >= 15 is 0 Å². The highest BCUT2D eigenvalue weighted by atomic mass is 16.5. The maximum absolute atomic E-state index is 11.9. The molecule has 21 heavy (non-hydrogen) atoms. The standard InChI is InChI=1S/C16H30N2O3/c1-18(12-13-6-4-9-15(13)19)16(20)17-10-5-11-21-14-7-2-3-8-14/h13-15,19H,2-12H2,1H3,(H,17,20). The van der Waals surface area contributed by atoms with Gasteiger partial charge in [-0.25, -0.2) is 4.79 Å². The van der Waals surface area contributed by atoms with E-state index < -0.39 is 0 Å². The average Bonchev–Trinajstić information content (AvgIpc) is 3.11. The second kappa shape index (κ2) is 8.59. The van der Waals surface area contributed by atoms with Gasteiger partial charge >= 0.3 is 6.03 Å². The normalized spacial score (nSPS) is 26.2. The van der Waals surface area contributed by atoms with Gasteiger partial charge in [-0.3, -0.25) is 0 Å². The summed E-state index contributed by atoms with van der Waals surface area (Å²) in [5.74, 6) is 0.242. The number of aliphatic hydroxyl groups excluding tert-OH is 1. The van der Waals surface area contributed by atoms with Crippen molar-refractivity contribution in [3.8, 4) is 0 Å². The third-order valence-electron chi connectivity index (χ3n) is 4.73. The molecule has 2 aliphatic rings. The summed E-state index contributed by atoms with van der Waals surface area (Å²) in [6, 6.07) is -0.0463. The SMILES string of the molecule is CN(CC1CCCC1O)C(=O)NCCCOC1CCCC1. The van der Waals surface area contributed by atoms with E-state index in [9.17, 15) is 9.90 Å². The van der Waals surface area contributed by atoms with Crippen molar-refractivity contribution >= 4 is 6.03 Å². The van der Waals surface area contributed by atoms with Crippen molar-refractivity contribution in [1.29, 1.82) is 0 Å². The molecule has 2 aliphatic carbocycles. The Morgan fingerprint density at radius 2 is 2.00 bits per heavy atom. The van der Waals surface area contributed by atoms with Crippen molar-refractivity contribution in [2.24, 2.45) is 5.92 Å². The van der Waals surface area contributed by atoms with Crippen molar-refractivity contribution in [1.82, 2.24) is 10.2 Å². The molecule has 0 saturated heterocycles. The molecule has 0 spiro atoms. The number of carbonyl (C=O) groups excluding carboxylic acids is 1. The number of nitrogens with one attached hydrogen (secondary N) is 1. The summed E-state index contributed by atoms with van der Waals surface area (Å²) >= 11 is 0. The molecule has 0 aliphatic heterocycles. The van der Waals surface area contributed by atoms with E-state index in [1.165, 1.54) is 25.7 Å². The highest BCUT2D eigenvalue weighted by Crippen LogP contribution is 2.25. The molecule has 2 rings (SSSR count). The van der Waals surface area contributed by atoms with Crippen molar-refractivity contribution < 1.29 is 14.6 Å². The van der Waals surface area contributed by atoms with E-state index in [-0.39, 0.29) is 18.1 Å². The van der Waals surface area contributed by atoms with Crippen LogP contribution in [0.25, 0.3) is 0 Å². The van der Waals surface area contributed by atoms with E-state index in [4.69, 9.17) is 4.74 Å². The number of urea groups is 1. The molecule has 0 radical (unpaired) electrons. The summed E-state index contributed by atoms with van der Waals surface area (Å²) in [6.45, 7) is 2.03. The third-order valence-corrected chi connectivity index (χ3v) is 4.73. The van der Waals surface area contributed by atoms with Crippen LogP contribution >= 0.6 is 0 Å². The van der Waals surface area contributed by atoms with Crippen molar-refractivity contribution in [3.05, 3.63) is 0 Å². The van der Waals surface area contributed by atoms with Gasteiger partial charge in [0.2, 0.25) is 0 Å². The molecule has 0 aromatic rings. The Hall–Kier alpha value is -0.810. The zero-order valence-corrected chi connectivity index (χ0v) is 13.2. The highest BCUT2D eigenvalue weighted by molar-refractivity contribution is 5.73. The van der Waals surface area contributed by atoms with Crippen LogP contribution in [0, 0.1) is 5.92 Å². The molecular formula is C16H30N2O3. The Labute approximate surface area is 128 Å². The van der Waals surface area contributed by atoms with E-state index in [0.29, 0.717) is 19.2 Å². The molecule has 2 fully saturated rings. The minimum Gasteiger partial charge on any atom is -0.393 e. The molecule has 2 N–H and O–H groups in total. The second-order valence-electron chi connectivity index (χ2n) is 6.50. The molecule has 5 nitrogen and oxygen atoms in total. The minimum absolute atomic E-state index is 0.0463. The van der Waals surface area contributed by atoms with Crippen LogP contribution in [0.4, 0.5) is 4.79 Å². The lowest BCUT2D eigenvalue weighted by Crippen LogP contribution is -2.41. The van der Waals surface area contributed by atoms with Gasteiger partial charge in [0.05, 0.1) is 12.2 Å². The molecule has 0 aromatic carbocycles. The van der Waals surface area contributed by atoms with Gasteiger partial charge < -0.3 is 20.1 Å². The van der Waals surface area contributed by atoms with Gasteiger partial charge in [0, 0.05) is 32.7 Å². The molecule has 0 bridgehead atoms. The Morgan fingerprint density at radius 3 is 2.67 bits per heavy atom. The van der Waals surface area contributed by atoms with Gasteiger partial charge in [0.15, 0.2) is 0 Å². The van der Waals surface area contributed by atoms with E-state index in [1.807, 2.05) is 0 Å². The van der Waals surface area contributed by atoms with Crippen LogP contribution in [0.2, 0.25) is 0 Å². The number of nitrogens with zero attached hydrogens (tertiary/aromatic N) is 1. The largest absolute Gasteiger partial charge is 0.393 e. The predicted molar refractivity (Wildman–Crippen MR) is 82.2 cm³/mol.